The second-order valence-corrected chi connectivity index (χ2v) is 4.02. The van der Waals surface area contributed by atoms with Crippen molar-refractivity contribution < 1.29 is 23.1 Å². The Labute approximate surface area is 112 Å². The zero-order valence-electron chi connectivity index (χ0n) is 10.1. The number of nitrogens with one attached hydrogen (secondary N) is 1. The molecule has 1 amide bonds. The molecule has 0 atom stereocenters. The summed E-state index contributed by atoms with van der Waals surface area (Å²) in [4.78, 5) is 10.7. The van der Waals surface area contributed by atoms with Crippen LogP contribution in [0.25, 0.3) is 11.1 Å². The third-order valence-electron chi connectivity index (χ3n) is 2.69. The molecule has 2 aromatic carbocycles. The third kappa shape index (κ3) is 2.90. The van der Waals surface area contributed by atoms with Gasteiger partial charge in [0.15, 0.2) is 0 Å². The third-order valence-corrected chi connectivity index (χ3v) is 2.69. The second kappa shape index (κ2) is 5.24. The van der Waals surface area contributed by atoms with Crippen molar-refractivity contribution in [2.75, 3.05) is 5.32 Å². The Bertz CT molecular complexity index is 638. The normalized spacial score (nSPS) is 11.2. The van der Waals surface area contributed by atoms with E-state index in [-0.39, 0.29) is 16.8 Å². The van der Waals surface area contributed by atoms with Crippen LogP contribution < -0.4 is 5.32 Å². The number of hydrogen-bond donors (Lipinski definition) is 2. The maximum Gasteiger partial charge on any atom is 0.417 e. The summed E-state index contributed by atoms with van der Waals surface area (Å²) in [6.45, 7) is 0. The summed E-state index contributed by atoms with van der Waals surface area (Å²) < 4.78 is 39.0. The fourth-order valence-electron chi connectivity index (χ4n) is 1.91. The lowest BCUT2D eigenvalue weighted by Gasteiger charge is -2.15. The number of anilines is 1. The second-order valence-electron chi connectivity index (χ2n) is 4.02. The molecule has 0 unspecified atom stereocenters. The molecule has 104 valence electrons. The molecular weight excluding hydrogens is 271 g/mol. The number of carboxylic acid groups (broad SMARTS) is 1. The van der Waals surface area contributed by atoms with Gasteiger partial charge < -0.3 is 5.11 Å². The quantitative estimate of drug-likeness (QED) is 0.853. The molecule has 20 heavy (non-hydrogen) atoms. The average Bonchev–Trinajstić information content (AvgIpc) is 2.38. The predicted octanol–water partition coefficient (Wildman–Crippen LogP) is 4.46. The number of amides is 1. The van der Waals surface area contributed by atoms with Gasteiger partial charge in [0.1, 0.15) is 0 Å². The van der Waals surface area contributed by atoms with Crippen LogP contribution in [0.5, 0.6) is 0 Å². The molecule has 0 fully saturated rings. The van der Waals surface area contributed by atoms with E-state index in [0.717, 1.165) is 6.07 Å². The number of para-hydroxylation sites is 1. The number of rotatable bonds is 2. The molecule has 0 bridgehead atoms. The van der Waals surface area contributed by atoms with E-state index in [1.54, 1.807) is 12.1 Å². The highest BCUT2D eigenvalue weighted by molar-refractivity contribution is 5.91. The minimum Gasteiger partial charge on any atom is -0.465 e. The van der Waals surface area contributed by atoms with Crippen molar-refractivity contribution in [2.45, 2.75) is 6.18 Å². The lowest BCUT2D eigenvalue weighted by Crippen LogP contribution is -2.10. The summed E-state index contributed by atoms with van der Waals surface area (Å²) in [6.07, 6.45) is -5.84. The fraction of sp³-hybridized carbons (Fsp3) is 0.0714. The molecule has 2 aromatic rings. The molecule has 0 aliphatic rings. The highest BCUT2D eigenvalue weighted by Gasteiger charge is 2.33. The monoisotopic (exact) mass is 281 g/mol. The van der Waals surface area contributed by atoms with E-state index in [9.17, 15) is 18.0 Å². The van der Waals surface area contributed by atoms with Crippen LogP contribution in [0.1, 0.15) is 5.56 Å². The maximum absolute atomic E-state index is 13.0. The van der Waals surface area contributed by atoms with Gasteiger partial charge in [0.2, 0.25) is 0 Å². The standard InChI is InChI=1S/C14H10F3NO2/c15-14(16,17)11-7-3-1-5-9(11)10-6-2-4-8-12(10)18-13(19)20/h1-8,18H,(H,19,20). The van der Waals surface area contributed by atoms with Crippen molar-refractivity contribution in [3.8, 4) is 11.1 Å². The van der Waals surface area contributed by atoms with Gasteiger partial charge in [-0.25, -0.2) is 4.79 Å². The zero-order chi connectivity index (χ0) is 14.8. The van der Waals surface area contributed by atoms with E-state index in [0.29, 0.717) is 0 Å². The predicted molar refractivity (Wildman–Crippen MR) is 68.5 cm³/mol. The van der Waals surface area contributed by atoms with Crippen LogP contribution in [0.2, 0.25) is 0 Å². The van der Waals surface area contributed by atoms with Gasteiger partial charge in [0.05, 0.1) is 11.3 Å². The summed E-state index contributed by atoms with van der Waals surface area (Å²) in [5.41, 5.74) is -0.580. The first-order valence-corrected chi connectivity index (χ1v) is 5.65. The number of alkyl halides is 3. The van der Waals surface area contributed by atoms with Crippen LogP contribution in [-0.2, 0) is 6.18 Å². The Morgan fingerprint density at radius 3 is 2.10 bits per heavy atom. The largest absolute Gasteiger partial charge is 0.465 e. The number of benzene rings is 2. The molecular formula is C14H10F3NO2. The number of hydrogen-bond acceptors (Lipinski definition) is 1. The SMILES string of the molecule is O=C(O)Nc1ccccc1-c1ccccc1C(F)(F)F. The van der Waals surface area contributed by atoms with Crippen LogP contribution >= 0.6 is 0 Å². The van der Waals surface area contributed by atoms with Gasteiger partial charge in [-0.15, -0.1) is 0 Å². The van der Waals surface area contributed by atoms with E-state index in [1.807, 2.05) is 0 Å². The van der Waals surface area contributed by atoms with Crippen LogP contribution in [0.15, 0.2) is 48.5 Å². The lowest BCUT2D eigenvalue weighted by molar-refractivity contribution is -0.137. The van der Waals surface area contributed by atoms with Gasteiger partial charge in [0.25, 0.3) is 0 Å². The van der Waals surface area contributed by atoms with Gasteiger partial charge in [-0.2, -0.15) is 13.2 Å². The minimum absolute atomic E-state index is 0.0654. The Kier molecular flexibility index (Phi) is 3.65. The smallest absolute Gasteiger partial charge is 0.417 e. The van der Waals surface area contributed by atoms with E-state index in [1.165, 1.54) is 30.3 Å². The van der Waals surface area contributed by atoms with Gasteiger partial charge in [0, 0.05) is 5.56 Å². The van der Waals surface area contributed by atoms with Crippen molar-refractivity contribution in [3.05, 3.63) is 54.1 Å². The van der Waals surface area contributed by atoms with Crippen LogP contribution in [0.4, 0.5) is 23.7 Å². The first-order chi connectivity index (χ1) is 9.39. The molecule has 0 heterocycles. The Hall–Kier alpha value is -2.50. The topological polar surface area (TPSA) is 49.3 Å². The van der Waals surface area contributed by atoms with Crippen molar-refractivity contribution >= 4 is 11.8 Å². The van der Waals surface area contributed by atoms with E-state index < -0.39 is 17.8 Å². The first-order valence-electron chi connectivity index (χ1n) is 5.65. The molecule has 6 heteroatoms. The molecule has 3 nitrogen and oxygen atoms in total. The molecule has 0 radical (unpaired) electrons. The summed E-state index contributed by atoms with van der Waals surface area (Å²) in [6, 6.07) is 11.0. The van der Waals surface area contributed by atoms with Crippen molar-refractivity contribution in [1.29, 1.82) is 0 Å². The molecule has 0 saturated heterocycles. The molecule has 2 rings (SSSR count). The molecule has 0 aromatic heterocycles. The van der Waals surface area contributed by atoms with E-state index in [2.05, 4.69) is 5.32 Å². The van der Waals surface area contributed by atoms with Gasteiger partial charge >= 0.3 is 12.3 Å². The number of halogens is 3. The maximum atomic E-state index is 13.0. The molecule has 0 aliphatic carbocycles. The Morgan fingerprint density at radius 1 is 0.950 bits per heavy atom. The molecule has 0 aliphatic heterocycles. The van der Waals surface area contributed by atoms with Crippen LogP contribution in [0.3, 0.4) is 0 Å². The first kappa shape index (κ1) is 13.9. The lowest BCUT2D eigenvalue weighted by atomic mass is 9.98. The zero-order valence-corrected chi connectivity index (χ0v) is 10.1. The highest BCUT2D eigenvalue weighted by atomic mass is 19.4. The summed E-state index contributed by atoms with van der Waals surface area (Å²) in [5, 5.41) is 10.8. The number of carbonyl (C=O) groups is 1. The van der Waals surface area contributed by atoms with E-state index in [4.69, 9.17) is 5.11 Å². The molecule has 0 saturated carbocycles. The minimum atomic E-state index is -4.51. The summed E-state index contributed by atoms with van der Waals surface area (Å²) >= 11 is 0. The molecule has 0 spiro atoms. The van der Waals surface area contributed by atoms with Gasteiger partial charge in [-0.3, -0.25) is 5.32 Å². The van der Waals surface area contributed by atoms with Crippen LogP contribution in [0, 0.1) is 0 Å². The van der Waals surface area contributed by atoms with E-state index >= 15 is 0 Å². The summed E-state index contributed by atoms with van der Waals surface area (Å²) in [7, 11) is 0. The fourth-order valence-corrected chi connectivity index (χ4v) is 1.91. The average molecular weight is 281 g/mol. The Morgan fingerprint density at radius 2 is 1.50 bits per heavy atom. The molecule has 2 N–H and O–H groups in total. The van der Waals surface area contributed by atoms with Crippen LogP contribution in [-0.4, -0.2) is 11.2 Å². The van der Waals surface area contributed by atoms with Crippen molar-refractivity contribution in [2.24, 2.45) is 0 Å². The van der Waals surface area contributed by atoms with Gasteiger partial charge in [-0.05, 0) is 17.7 Å². The summed E-state index contributed by atoms with van der Waals surface area (Å²) in [5.74, 6) is 0. The Balaban J connectivity index is 2.61. The van der Waals surface area contributed by atoms with Crippen molar-refractivity contribution in [1.82, 2.24) is 0 Å². The van der Waals surface area contributed by atoms with Gasteiger partial charge in [-0.1, -0.05) is 36.4 Å². The van der Waals surface area contributed by atoms with Crippen molar-refractivity contribution in [3.63, 3.8) is 0 Å². The highest BCUT2D eigenvalue weighted by Crippen LogP contribution is 2.39.